The Hall–Kier alpha value is -1.75. The Labute approximate surface area is 98.9 Å². The fourth-order valence-electron chi connectivity index (χ4n) is 1.66. The summed E-state index contributed by atoms with van der Waals surface area (Å²) in [6.45, 7) is 1.05. The standard InChI is InChI=1S/C12H14O5/c1-15-12(14)9(13)6-8-2-3-10-11(7-8)17-5-4-16-10/h2-3,7,9,13H,4-6H2,1H3/t9-/m1/s1. The molecule has 1 aliphatic heterocycles. The van der Waals surface area contributed by atoms with Gasteiger partial charge in [-0.05, 0) is 17.7 Å². The smallest absolute Gasteiger partial charge is 0.335 e. The van der Waals surface area contributed by atoms with E-state index in [0.29, 0.717) is 24.7 Å². The van der Waals surface area contributed by atoms with Crippen molar-refractivity contribution in [3.05, 3.63) is 23.8 Å². The van der Waals surface area contributed by atoms with Crippen LogP contribution in [0.3, 0.4) is 0 Å². The number of aliphatic hydroxyl groups is 1. The maximum atomic E-state index is 11.1. The number of carbonyl (C=O) groups is 1. The van der Waals surface area contributed by atoms with Gasteiger partial charge < -0.3 is 19.3 Å². The number of methoxy groups -OCH3 is 1. The van der Waals surface area contributed by atoms with Gasteiger partial charge in [-0.3, -0.25) is 0 Å². The predicted molar refractivity (Wildman–Crippen MR) is 59.2 cm³/mol. The van der Waals surface area contributed by atoms with Crippen molar-refractivity contribution in [2.75, 3.05) is 20.3 Å². The van der Waals surface area contributed by atoms with Crippen LogP contribution in [0.1, 0.15) is 5.56 Å². The van der Waals surface area contributed by atoms with Crippen LogP contribution in [0.25, 0.3) is 0 Å². The van der Waals surface area contributed by atoms with E-state index < -0.39 is 12.1 Å². The lowest BCUT2D eigenvalue weighted by molar-refractivity contribution is -0.150. The minimum absolute atomic E-state index is 0.198. The number of esters is 1. The minimum Gasteiger partial charge on any atom is -0.486 e. The van der Waals surface area contributed by atoms with Crippen molar-refractivity contribution in [2.24, 2.45) is 0 Å². The van der Waals surface area contributed by atoms with Crippen LogP contribution in [0.2, 0.25) is 0 Å². The molecule has 0 saturated carbocycles. The average Bonchev–Trinajstić information content (AvgIpc) is 2.37. The first-order valence-corrected chi connectivity index (χ1v) is 5.35. The Morgan fingerprint density at radius 3 is 2.82 bits per heavy atom. The molecule has 17 heavy (non-hydrogen) atoms. The third kappa shape index (κ3) is 2.68. The van der Waals surface area contributed by atoms with Crippen LogP contribution < -0.4 is 9.47 Å². The van der Waals surface area contributed by atoms with Gasteiger partial charge in [0.2, 0.25) is 0 Å². The minimum atomic E-state index is -1.15. The maximum Gasteiger partial charge on any atom is 0.335 e. The zero-order valence-electron chi connectivity index (χ0n) is 9.51. The Kier molecular flexibility index (Phi) is 3.49. The molecule has 5 nitrogen and oxygen atoms in total. The van der Waals surface area contributed by atoms with E-state index >= 15 is 0 Å². The van der Waals surface area contributed by atoms with Crippen molar-refractivity contribution in [2.45, 2.75) is 12.5 Å². The Bertz CT molecular complexity index is 415. The third-order valence-electron chi connectivity index (χ3n) is 2.51. The van der Waals surface area contributed by atoms with Gasteiger partial charge in [-0.15, -0.1) is 0 Å². The van der Waals surface area contributed by atoms with E-state index in [1.165, 1.54) is 7.11 Å². The van der Waals surface area contributed by atoms with Crippen LogP contribution >= 0.6 is 0 Å². The number of rotatable bonds is 3. The zero-order valence-corrected chi connectivity index (χ0v) is 9.51. The number of fused-ring (bicyclic) bond motifs is 1. The topological polar surface area (TPSA) is 65.0 Å². The number of carbonyl (C=O) groups excluding carboxylic acids is 1. The van der Waals surface area contributed by atoms with E-state index in [0.717, 1.165) is 5.56 Å². The van der Waals surface area contributed by atoms with E-state index in [1.54, 1.807) is 18.2 Å². The first-order valence-electron chi connectivity index (χ1n) is 5.35. The van der Waals surface area contributed by atoms with Gasteiger partial charge in [-0.2, -0.15) is 0 Å². The van der Waals surface area contributed by atoms with Crippen molar-refractivity contribution in [1.82, 2.24) is 0 Å². The Morgan fingerprint density at radius 1 is 1.41 bits per heavy atom. The molecular weight excluding hydrogens is 224 g/mol. The van der Waals surface area contributed by atoms with Crippen molar-refractivity contribution < 1.29 is 24.1 Å². The van der Waals surface area contributed by atoms with E-state index in [2.05, 4.69) is 4.74 Å². The SMILES string of the molecule is COC(=O)[C@H](O)Cc1ccc2c(c1)OCCO2. The van der Waals surface area contributed by atoms with Crippen LogP contribution in [-0.4, -0.2) is 37.5 Å². The van der Waals surface area contributed by atoms with E-state index in [9.17, 15) is 9.90 Å². The molecule has 0 fully saturated rings. The Morgan fingerprint density at radius 2 is 2.12 bits per heavy atom. The van der Waals surface area contributed by atoms with Gasteiger partial charge in [0.05, 0.1) is 7.11 Å². The van der Waals surface area contributed by atoms with Crippen LogP contribution in [0.4, 0.5) is 0 Å². The molecule has 0 aliphatic carbocycles. The summed E-state index contributed by atoms with van der Waals surface area (Å²) in [6, 6.07) is 5.33. The van der Waals surface area contributed by atoms with Crippen molar-refractivity contribution >= 4 is 5.97 Å². The number of benzene rings is 1. The molecule has 1 aliphatic rings. The van der Waals surface area contributed by atoms with E-state index in [1.807, 2.05) is 0 Å². The van der Waals surface area contributed by atoms with E-state index in [-0.39, 0.29) is 6.42 Å². The molecule has 1 aromatic rings. The molecule has 92 valence electrons. The number of hydrogen-bond acceptors (Lipinski definition) is 5. The quantitative estimate of drug-likeness (QED) is 0.778. The summed E-state index contributed by atoms with van der Waals surface area (Å²) in [5, 5.41) is 9.53. The molecule has 1 atom stereocenters. The maximum absolute atomic E-state index is 11.1. The van der Waals surface area contributed by atoms with Crippen LogP contribution in [0, 0.1) is 0 Å². The molecule has 1 aromatic carbocycles. The normalized spacial score (nSPS) is 15.2. The summed E-state index contributed by atoms with van der Waals surface area (Å²) in [5.41, 5.74) is 0.798. The first-order chi connectivity index (χ1) is 8.20. The van der Waals surface area contributed by atoms with Gasteiger partial charge >= 0.3 is 5.97 Å². The van der Waals surface area contributed by atoms with Crippen LogP contribution in [0.5, 0.6) is 11.5 Å². The van der Waals surface area contributed by atoms with Crippen molar-refractivity contribution in [3.8, 4) is 11.5 Å². The summed E-state index contributed by atoms with van der Waals surface area (Å²) in [4.78, 5) is 11.1. The molecule has 0 aromatic heterocycles. The molecule has 0 bridgehead atoms. The molecule has 0 amide bonds. The van der Waals surface area contributed by atoms with Gasteiger partial charge in [0, 0.05) is 6.42 Å². The highest BCUT2D eigenvalue weighted by Gasteiger charge is 2.18. The lowest BCUT2D eigenvalue weighted by Crippen LogP contribution is -2.24. The van der Waals surface area contributed by atoms with Gasteiger partial charge in [-0.25, -0.2) is 4.79 Å². The highest BCUT2D eigenvalue weighted by Crippen LogP contribution is 2.31. The largest absolute Gasteiger partial charge is 0.486 e. The molecular formula is C12H14O5. The summed E-state index contributed by atoms with van der Waals surface area (Å²) in [5.74, 6) is 0.693. The van der Waals surface area contributed by atoms with Crippen molar-refractivity contribution in [1.29, 1.82) is 0 Å². The summed E-state index contributed by atoms with van der Waals surface area (Å²) >= 11 is 0. The van der Waals surface area contributed by atoms with Crippen LogP contribution in [-0.2, 0) is 16.0 Å². The second-order valence-corrected chi connectivity index (χ2v) is 3.72. The van der Waals surface area contributed by atoms with Gasteiger partial charge in [0.15, 0.2) is 17.6 Å². The third-order valence-corrected chi connectivity index (χ3v) is 2.51. The molecule has 2 rings (SSSR count). The molecule has 0 radical (unpaired) electrons. The monoisotopic (exact) mass is 238 g/mol. The Balaban J connectivity index is 2.09. The van der Waals surface area contributed by atoms with Gasteiger partial charge in [-0.1, -0.05) is 6.07 Å². The summed E-state index contributed by atoms with van der Waals surface area (Å²) in [7, 11) is 1.25. The number of ether oxygens (including phenoxy) is 3. The zero-order chi connectivity index (χ0) is 12.3. The lowest BCUT2D eigenvalue weighted by atomic mass is 10.1. The molecule has 1 N–H and O–H groups in total. The number of aliphatic hydroxyl groups excluding tert-OH is 1. The summed E-state index contributed by atoms with van der Waals surface area (Å²) in [6.07, 6.45) is -0.953. The summed E-state index contributed by atoms with van der Waals surface area (Å²) < 4.78 is 15.2. The second kappa shape index (κ2) is 5.05. The fraction of sp³-hybridized carbons (Fsp3) is 0.417. The lowest BCUT2D eigenvalue weighted by Gasteiger charge is -2.19. The molecule has 1 heterocycles. The van der Waals surface area contributed by atoms with Gasteiger partial charge in [0.25, 0.3) is 0 Å². The van der Waals surface area contributed by atoms with E-state index in [4.69, 9.17) is 9.47 Å². The molecule has 0 spiro atoms. The average molecular weight is 238 g/mol. The number of hydrogen-bond donors (Lipinski definition) is 1. The molecule has 5 heteroatoms. The molecule has 0 unspecified atom stereocenters. The molecule has 0 saturated heterocycles. The first kappa shape index (κ1) is 11.7. The van der Waals surface area contributed by atoms with Gasteiger partial charge in [0.1, 0.15) is 13.2 Å². The highest BCUT2D eigenvalue weighted by atomic mass is 16.6. The fourth-order valence-corrected chi connectivity index (χ4v) is 1.66. The second-order valence-electron chi connectivity index (χ2n) is 3.72. The highest BCUT2D eigenvalue weighted by molar-refractivity contribution is 5.74. The van der Waals surface area contributed by atoms with Crippen molar-refractivity contribution in [3.63, 3.8) is 0 Å². The predicted octanol–water partition coefficient (Wildman–Crippen LogP) is 0.534. The van der Waals surface area contributed by atoms with Crippen LogP contribution in [0.15, 0.2) is 18.2 Å².